The molecule has 3 aromatic rings. The number of para-hydroxylation sites is 1. The van der Waals surface area contributed by atoms with Crippen molar-refractivity contribution in [2.75, 3.05) is 37.6 Å². The lowest BCUT2D eigenvalue weighted by Gasteiger charge is -2.36. The molecule has 2 aliphatic rings. The van der Waals surface area contributed by atoms with E-state index >= 15 is 0 Å². The van der Waals surface area contributed by atoms with Crippen LogP contribution in [0.1, 0.15) is 32.9 Å². The molecule has 7 nitrogen and oxygen atoms in total. The smallest absolute Gasteiger partial charge is 0.274 e. The average molecular weight is 444 g/mol. The van der Waals surface area contributed by atoms with Crippen molar-refractivity contribution in [1.29, 1.82) is 0 Å². The number of nitrogens with zero attached hydrogens (tertiary/aromatic N) is 4. The average Bonchev–Trinajstić information content (AvgIpc) is 3.29. The number of anilines is 1. The maximum Gasteiger partial charge on any atom is 0.274 e. The first kappa shape index (κ1) is 21.2. The minimum Gasteiger partial charge on any atom is -0.368 e. The zero-order valence-electron chi connectivity index (χ0n) is 19.0. The number of fused-ring (bicyclic) bond motifs is 1. The van der Waals surface area contributed by atoms with E-state index < -0.39 is 0 Å². The number of benzene rings is 2. The van der Waals surface area contributed by atoms with Gasteiger partial charge in [-0.25, -0.2) is 0 Å². The van der Waals surface area contributed by atoms with Crippen molar-refractivity contribution >= 4 is 17.5 Å². The molecule has 33 heavy (non-hydrogen) atoms. The summed E-state index contributed by atoms with van der Waals surface area (Å²) in [5, 5.41) is 7.43. The summed E-state index contributed by atoms with van der Waals surface area (Å²) in [5.74, 6) is 0.0411. The van der Waals surface area contributed by atoms with Crippen molar-refractivity contribution in [2.24, 2.45) is 0 Å². The molecule has 5 rings (SSSR count). The number of piperazine rings is 1. The molecule has 2 aliphatic heterocycles. The molecule has 3 heterocycles. The number of carbonyl (C=O) groups is 2. The highest BCUT2D eigenvalue weighted by molar-refractivity contribution is 5.94. The van der Waals surface area contributed by atoms with Gasteiger partial charge in [0.25, 0.3) is 5.91 Å². The summed E-state index contributed by atoms with van der Waals surface area (Å²) in [6.45, 7) is 6.01. The van der Waals surface area contributed by atoms with Crippen LogP contribution in [0.4, 0.5) is 5.69 Å². The van der Waals surface area contributed by atoms with E-state index in [0.717, 1.165) is 35.5 Å². The summed E-state index contributed by atoms with van der Waals surface area (Å²) >= 11 is 0. The lowest BCUT2D eigenvalue weighted by Crippen LogP contribution is -2.49. The van der Waals surface area contributed by atoms with E-state index in [1.54, 1.807) is 0 Å². The van der Waals surface area contributed by atoms with Gasteiger partial charge in [0.15, 0.2) is 5.69 Å². The lowest BCUT2D eigenvalue weighted by molar-refractivity contribution is -0.131. The number of amides is 2. The quantitative estimate of drug-likeness (QED) is 0.673. The maximum atomic E-state index is 13.3. The number of H-pyrrole nitrogens is 1. The van der Waals surface area contributed by atoms with Crippen molar-refractivity contribution in [1.82, 2.24) is 20.0 Å². The number of carbonyl (C=O) groups excluding carboxylic acids is 2. The maximum absolute atomic E-state index is 13.3. The predicted molar refractivity (Wildman–Crippen MR) is 127 cm³/mol. The van der Waals surface area contributed by atoms with Gasteiger partial charge < -0.3 is 14.7 Å². The number of hydrogen-bond acceptors (Lipinski definition) is 4. The number of hydrogen-bond donors (Lipinski definition) is 1. The van der Waals surface area contributed by atoms with Crippen LogP contribution in [0.5, 0.6) is 0 Å². The fourth-order valence-electron chi connectivity index (χ4n) is 4.72. The van der Waals surface area contributed by atoms with Gasteiger partial charge in [0.05, 0.1) is 6.42 Å². The van der Waals surface area contributed by atoms with Gasteiger partial charge in [-0.1, -0.05) is 42.5 Å². The molecule has 0 atom stereocenters. The molecule has 1 fully saturated rings. The number of aryl methyl sites for hydroxylation is 1. The minimum absolute atomic E-state index is 0.0478. The predicted octanol–water partition coefficient (Wildman–Crippen LogP) is 2.81. The number of rotatable bonds is 4. The Bertz CT molecular complexity index is 1150. The number of nitrogens with one attached hydrogen (secondary N) is 1. The van der Waals surface area contributed by atoms with Crippen molar-refractivity contribution in [3.8, 4) is 0 Å². The van der Waals surface area contributed by atoms with Crippen LogP contribution in [0, 0.1) is 6.92 Å². The number of aromatic nitrogens is 2. The minimum atomic E-state index is -0.0478. The van der Waals surface area contributed by atoms with Gasteiger partial charge >= 0.3 is 0 Å². The van der Waals surface area contributed by atoms with Gasteiger partial charge in [0.2, 0.25) is 5.91 Å². The molecule has 2 aromatic carbocycles. The topological polar surface area (TPSA) is 72.5 Å². The Morgan fingerprint density at radius 1 is 0.909 bits per heavy atom. The number of aromatic amines is 1. The monoisotopic (exact) mass is 443 g/mol. The largest absolute Gasteiger partial charge is 0.368 e. The molecule has 2 amide bonds. The Balaban J connectivity index is 1.25. The summed E-state index contributed by atoms with van der Waals surface area (Å²) in [7, 11) is 0. The summed E-state index contributed by atoms with van der Waals surface area (Å²) in [5.41, 5.74) is 5.66. The summed E-state index contributed by atoms with van der Waals surface area (Å²) in [6.07, 6.45) is 1.07. The van der Waals surface area contributed by atoms with Gasteiger partial charge in [-0.3, -0.25) is 14.7 Å². The highest BCUT2D eigenvalue weighted by Gasteiger charge is 2.31. The van der Waals surface area contributed by atoms with Crippen LogP contribution in [0.15, 0.2) is 54.6 Å². The summed E-state index contributed by atoms with van der Waals surface area (Å²) in [6, 6.07) is 18.3. The molecule has 0 spiro atoms. The van der Waals surface area contributed by atoms with E-state index in [4.69, 9.17) is 0 Å². The Labute approximate surface area is 194 Å². The highest BCUT2D eigenvalue weighted by Crippen LogP contribution is 2.24. The van der Waals surface area contributed by atoms with E-state index in [-0.39, 0.29) is 11.8 Å². The van der Waals surface area contributed by atoms with E-state index in [2.05, 4.69) is 27.2 Å². The first-order valence-electron chi connectivity index (χ1n) is 11.6. The molecule has 0 saturated carbocycles. The standard InChI is InChI=1S/C26H29N5O2/c1-19-7-5-6-8-20(19)17-24(32)31-12-11-23-22(18-31)25(28-27-23)26(33)30-15-13-29(14-16-30)21-9-3-2-4-10-21/h2-10H,11-18H2,1H3,(H,27,28). The fourth-order valence-corrected chi connectivity index (χ4v) is 4.72. The van der Waals surface area contributed by atoms with Crippen LogP contribution in [-0.2, 0) is 24.2 Å². The third-order valence-corrected chi connectivity index (χ3v) is 6.78. The second-order valence-electron chi connectivity index (χ2n) is 8.81. The van der Waals surface area contributed by atoms with Crippen molar-refractivity contribution < 1.29 is 9.59 Å². The van der Waals surface area contributed by atoms with Gasteiger partial charge in [0.1, 0.15) is 0 Å². The SMILES string of the molecule is Cc1ccccc1CC(=O)N1CCc2[nH]nc(C(=O)N3CCN(c4ccccc4)CC3)c2C1. The van der Waals surface area contributed by atoms with E-state index in [9.17, 15) is 9.59 Å². The highest BCUT2D eigenvalue weighted by atomic mass is 16.2. The molecule has 0 unspecified atom stereocenters. The second-order valence-corrected chi connectivity index (χ2v) is 8.81. The molecule has 170 valence electrons. The van der Waals surface area contributed by atoms with E-state index in [0.29, 0.717) is 44.7 Å². The van der Waals surface area contributed by atoms with Gasteiger partial charge in [0, 0.05) is 62.6 Å². The molecule has 0 aliphatic carbocycles. The normalized spacial score (nSPS) is 16.0. The van der Waals surface area contributed by atoms with Crippen LogP contribution in [-0.4, -0.2) is 64.5 Å². The molecular weight excluding hydrogens is 414 g/mol. The zero-order valence-corrected chi connectivity index (χ0v) is 19.0. The van der Waals surface area contributed by atoms with Gasteiger partial charge in [-0.05, 0) is 30.2 Å². The van der Waals surface area contributed by atoms with Crippen LogP contribution < -0.4 is 4.90 Å². The van der Waals surface area contributed by atoms with Crippen LogP contribution in [0.25, 0.3) is 0 Å². The molecule has 0 radical (unpaired) electrons. The fraction of sp³-hybridized carbons (Fsp3) is 0.346. The van der Waals surface area contributed by atoms with Crippen molar-refractivity contribution in [3.63, 3.8) is 0 Å². The first-order chi connectivity index (χ1) is 16.1. The van der Waals surface area contributed by atoms with Crippen LogP contribution in [0.3, 0.4) is 0 Å². The molecule has 7 heteroatoms. The third kappa shape index (κ3) is 4.35. The molecular formula is C26H29N5O2. The molecule has 1 N–H and O–H groups in total. The first-order valence-corrected chi connectivity index (χ1v) is 11.6. The second kappa shape index (κ2) is 9.10. The summed E-state index contributed by atoms with van der Waals surface area (Å²) < 4.78 is 0. The van der Waals surface area contributed by atoms with Crippen molar-refractivity contribution in [3.05, 3.63) is 82.7 Å². The van der Waals surface area contributed by atoms with Crippen molar-refractivity contribution in [2.45, 2.75) is 26.3 Å². The van der Waals surface area contributed by atoms with Crippen LogP contribution in [0.2, 0.25) is 0 Å². The Hall–Kier alpha value is -3.61. The Morgan fingerprint density at radius 2 is 1.64 bits per heavy atom. The van der Waals surface area contributed by atoms with Gasteiger partial charge in [-0.2, -0.15) is 5.10 Å². The van der Waals surface area contributed by atoms with Gasteiger partial charge in [-0.15, -0.1) is 0 Å². The summed E-state index contributed by atoms with van der Waals surface area (Å²) in [4.78, 5) is 32.3. The Kier molecular flexibility index (Phi) is 5.86. The zero-order chi connectivity index (χ0) is 22.8. The molecule has 1 aromatic heterocycles. The lowest BCUT2D eigenvalue weighted by atomic mass is 10.0. The van der Waals surface area contributed by atoms with Crippen LogP contribution >= 0.6 is 0 Å². The Morgan fingerprint density at radius 3 is 2.39 bits per heavy atom. The molecule has 0 bridgehead atoms. The van der Waals surface area contributed by atoms with E-state index in [1.165, 1.54) is 5.69 Å². The van der Waals surface area contributed by atoms with E-state index in [1.807, 2.05) is 59.2 Å². The third-order valence-electron chi connectivity index (χ3n) is 6.78. The molecule has 1 saturated heterocycles.